The molecule has 2 amide bonds. The van der Waals surface area contributed by atoms with Crippen molar-refractivity contribution in [3.63, 3.8) is 0 Å². The highest BCUT2D eigenvalue weighted by molar-refractivity contribution is 6.31. The van der Waals surface area contributed by atoms with Crippen LogP contribution in [0.25, 0.3) is 0 Å². The summed E-state index contributed by atoms with van der Waals surface area (Å²) in [7, 11) is 0. The number of carbonyl (C=O) groups excluding carboxylic acids is 2. The van der Waals surface area contributed by atoms with Crippen LogP contribution in [-0.2, 0) is 5.41 Å². The highest BCUT2D eigenvalue weighted by Crippen LogP contribution is 2.31. The van der Waals surface area contributed by atoms with Crippen LogP contribution in [0.1, 0.15) is 65.5 Å². The molecule has 0 bridgehead atoms. The Hall–Kier alpha value is -3.13. The Bertz CT molecular complexity index is 1280. The predicted molar refractivity (Wildman–Crippen MR) is 155 cm³/mol. The predicted octanol–water partition coefficient (Wildman–Crippen LogP) is 6.40. The molecule has 202 valence electrons. The van der Waals surface area contributed by atoms with E-state index in [0.717, 1.165) is 37.1 Å². The molecule has 3 N–H and O–H groups in total. The number of rotatable bonds is 6. The van der Waals surface area contributed by atoms with Crippen molar-refractivity contribution < 1.29 is 14.3 Å². The number of anilines is 2. The molecule has 1 fully saturated rings. The van der Waals surface area contributed by atoms with Crippen molar-refractivity contribution in [3.8, 4) is 5.75 Å². The Labute approximate surface area is 235 Å². The zero-order chi connectivity index (χ0) is 26.6. The second-order valence-corrected chi connectivity index (χ2v) is 10.8. The molecule has 1 saturated heterocycles. The monoisotopic (exact) mass is 556 g/mol. The molecule has 38 heavy (non-hydrogen) atoms. The van der Waals surface area contributed by atoms with Crippen LogP contribution >= 0.6 is 24.0 Å². The molecule has 0 saturated carbocycles. The van der Waals surface area contributed by atoms with E-state index in [1.807, 2.05) is 25.1 Å². The molecule has 0 spiro atoms. The zero-order valence-electron chi connectivity index (χ0n) is 22.1. The average molecular weight is 558 g/mol. The van der Waals surface area contributed by atoms with Crippen molar-refractivity contribution >= 4 is 47.3 Å². The number of piperidine rings is 1. The summed E-state index contributed by atoms with van der Waals surface area (Å²) in [5, 5.41) is 9.37. The Morgan fingerprint density at radius 1 is 0.974 bits per heavy atom. The van der Waals surface area contributed by atoms with E-state index < -0.39 is 5.91 Å². The number of carbonyl (C=O) groups is 2. The average Bonchev–Trinajstić information content (AvgIpc) is 2.86. The lowest BCUT2D eigenvalue weighted by Crippen LogP contribution is -2.34. The molecule has 7 nitrogen and oxygen atoms in total. The molecule has 1 aliphatic rings. The second-order valence-electron chi connectivity index (χ2n) is 10.3. The van der Waals surface area contributed by atoms with E-state index in [1.165, 1.54) is 6.07 Å². The Balaban J connectivity index is 0.00000400. The Morgan fingerprint density at radius 3 is 2.34 bits per heavy atom. The number of benzene rings is 2. The van der Waals surface area contributed by atoms with Crippen LogP contribution in [-0.4, -0.2) is 36.0 Å². The van der Waals surface area contributed by atoms with Crippen LogP contribution in [0.3, 0.4) is 0 Å². The molecule has 0 aliphatic carbocycles. The molecule has 0 radical (unpaired) electrons. The quantitative estimate of drug-likeness (QED) is 0.326. The molecule has 0 atom stereocenters. The summed E-state index contributed by atoms with van der Waals surface area (Å²) in [6, 6.07) is 14.0. The van der Waals surface area contributed by atoms with Crippen molar-refractivity contribution in [2.75, 3.05) is 23.7 Å². The van der Waals surface area contributed by atoms with Crippen molar-refractivity contribution in [2.24, 2.45) is 0 Å². The second kappa shape index (κ2) is 12.6. The van der Waals surface area contributed by atoms with Crippen molar-refractivity contribution in [1.82, 2.24) is 10.3 Å². The third-order valence-corrected chi connectivity index (χ3v) is 6.53. The third kappa shape index (κ3) is 7.47. The number of halogens is 2. The summed E-state index contributed by atoms with van der Waals surface area (Å²) < 4.78 is 6.36. The van der Waals surface area contributed by atoms with Gasteiger partial charge in [0.15, 0.2) is 0 Å². The molecular weight excluding hydrogens is 523 g/mol. The molecule has 1 aliphatic heterocycles. The largest absolute Gasteiger partial charge is 0.489 e. The SMILES string of the molecule is Cc1ccc(NC(=O)c2cc(Cl)ccc2NC(=O)c2ccc(C(C)(C)C)cc2OC2CCNCC2)nc1.Cl. The number of aromatic nitrogens is 1. The topological polar surface area (TPSA) is 92.4 Å². The smallest absolute Gasteiger partial charge is 0.259 e. The summed E-state index contributed by atoms with van der Waals surface area (Å²) in [5.41, 5.74) is 2.93. The number of hydrogen-bond acceptors (Lipinski definition) is 5. The zero-order valence-corrected chi connectivity index (χ0v) is 23.6. The van der Waals surface area contributed by atoms with Gasteiger partial charge in [0.2, 0.25) is 0 Å². The van der Waals surface area contributed by atoms with Crippen LogP contribution in [0.5, 0.6) is 5.75 Å². The highest BCUT2D eigenvalue weighted by Gasteiger charge is 2.24. The van der Waals surface area contributed by atoms with Crippen LogP contribution in [0.4, 0.5) is 11.5 Å². The van der Waals surface area contributed by atoms with Gasteiger partial charge in [-0.05, 0) is 85.8 Å². The van der Waals surface area contributed by atoms with Gasteiger partial charge in [0.1, 0.15) is 17.7 Å². The number of amides is 2. The van der Waals surface area contributed by atoms with Crippen molar-refractivity contribution in [2.45, 2.75) is 52.1 Å². The van der Waals surface area contributed by atoms with Crippen LogP contribution in [0, 0.1) is 6.92 Å². The van der Waals surface area contributed by atoms with E-state index in [4.69, 9.17) is 16.3 Å². The van der Waals surface area contributed by atoms with Gasteiger partial charge in [0.25, 0.3) is 11.8 Å². The minimum absolute atomic E-state index is 0. The fourth-order valence-electron chi connectivity index (χ4n) is 4.10. The van der Waals surface area contributed by atoms with Crippen LogP contribution < -0.4 is 20.7 Å². The first-order chi connectivity index (χ1) is 17.6. The van der Waals surface area contributed by atoms with Crippen LogP contribution in [0.2, 0.25) is 5.02 Å². The molecule has 3 aromatic rings. The lowest BCUT2D eigenvalue weighted by atomic mass is 9.86. The summed E-state index contributed by atoms with van der Waals surface area (Å²) in [4.78, 5) is 30.8. The molecule has 0 unspecified atom stereocenters. The number of nitrogens with one attached hydrogen (secondary N) is 3. The van der Waals surface area contributed by atoms with Gasteiger partial charge in [-0.2, -0.15) is 0 Å². The van der Waals surface area contributed by atoms with E-state index in [1.54, 1.807) is 30.5 Å². The number of ether oxygens (including phenoxy) is 1. The fourth-order valence-corrected chi connectivity index (χ4v) is 4.27. The Kier molecular flexibility index (Phi) is 9.77. The van der Waals surface area contributed by atoms with E-state index in [0.29, 0.717) is 27.8 Å². The molecule has 4 rings (SSSR count). The van der Waals surface area contributed by atoms with E-state index in [-0.39, 0.29) is 35.4 Å². The standard InChI is InChI=1S/C29H33ClN4O3.ClH/c1-18-5-10-26(32-17-18)34-28(36)23-16-20(30)7-9-24(23)33-27(35)22-8-6-19(29(2,3)4)15-25(22)37-21-11-13-31-14-12-21;/h5-10,15-17,21,31H,11-14H2,1-4H3,(H,33,35)(H,32,34,36);1H. The van der Waals surface area contributed by atoms with E-state index >= 15 is 0 Å². The first-order valence-corrected chi connectivity index (χ1v) is 12.8. The first kappa shape index (κ1) is 29.4. The summed E-state index contributed by atoms with van der Waals surface area (Å²) >= 11 is 6.20. The molecule has 9 heteroatoms. The van der Waals surface area contributed by atoms with Gasteiger partial charge in [0.05, 0.1) is 16.8 Å². The van der Waals surface area contributed by atoms with E-state index in [9.17, 15) is 9.59 Å². The lowest BCUT2D eigenvalue weighted by molar-refractivity contribution is 0.101. The maximum Gasteiger partial charge on any atom is 0.259 e. The van der Waals surface area contributed by atoms with Gasteiger partial charge in [-0.1, -0.05) is 44.5 Å². The summed E-state index contributed by atoms with van der Waals surface area (Å²) in [6.45, 7) is 10.0. The van der Waals surface area contributed by atoms with Gasteiger partial charge in [-0.15, -0.1) is 12.4 Å². The minimum atomic E-state index is -0.427. The number of nitrogens with zero attached hydrogens (tertiary/aromatic N) is 1. The van der Waals surface area contributed by atoms with Gasteiger partial charge in [0, 0.05) is 11.2 Å². The number of hydrogen-bond donors (Lipinski definition) is 3. The van der Waals surface area contributed by atoms with Gasteiger partial charge < -0.3 is 20.7 Å². The van der Waals surface area contributed by atoms with E-state index in [2.05, 4.69) is 41.7 Å². The van der Waals surface area contributed by atoms with Crippen molar-refractivity contribution in [1.29, 1.82) is 0 Å². The molecular formula is C29H34Cl2N4O3. The number of pyridine rings is 1. The fraction of sp³-hybridized carbons (Fsp3) is 0.345. The minimum Gasteiger partial charge on any atom is -0.489 e. The molecule has 2 heterocycles. The Morgan fingerprint density at radius 2 is 1.68 bits per heavy atom. The first-order valence-electron chi connectivity index (χ1n) is 12.5. The maximum absolute atomic E-state index is 13.5. The van der Waals surface area contributed by atoms with Gasteiger partial charge in [-0.3, -0.25) is 9.59 Å². The highest BCUT2D eigenvalue weighted by atomic mass is 35.5. The normalized spacial score (nSPS) is 13.8. The third-order valence-electron chi connectivity index (χ3n) is 6.30. The van der Waals surface area contributed by atoms with Gasteiger partial charge in [-0.25, -0.2) is 4.98 Å². The molecule has 2 aromatic carbocycles. The van der Waals surface area contributed by atoms with Crippen molar-refractivity contribution in [3.05, 3.63) is 82.0 Å². The summed E-state index contributed by atoms with van der Waals surface area (Å²) in [6.07, 6.45) is 3.44. The summed E-state index contributed by atoms with van der Waals surface area (Å²) in [5.74, 6) is 0.154. The maximum atomic E-state index is 13.5. The van der Waals surface area contributed by atoms with Gasteiger partial charge >= 0.3 is 0 Å². The molecule has 1 aromatic heterocycles. The lowest BCUT2D eigenvalue weighted by Gasteiger charge is -2.27. The number of aryl methyl sites for hydroxylation is 1. The van der Waals surface area contributed by atoms with Crippen LogP contribution in [0.15, 0.2) is 54.7 Å².